The summed E-state index contributed by atoms with van der Waals surface area (Å²) in [6.45, 7) is 3.56. The molecule has 38 heavy (non-hydrogen) atoms. The third-order valence-electron chi connectivity index (χ3n) is 6.21. The predicted octanol–water partition coefficient (Wildman–Crippen LogP) is 4.33. The first-order valence-electron chi connectivity index (χ1n) is 11.6. The number of rotatable bonds is 5. The molecule has 1 aliphatic heterocycles. The first-order valence-corrected chi connectivity index (χ1v) is 13.2. The number of phenols is 1. The fraction of sp³-hybridized carbons (Fsp3) is 0.148. The summed E-state index contributed by atoms with van der Waals surface area (Å²) in [6, 6.07) is 14.9. The predicted molar refractivity (Wildman–Crippen MR) is 147 cm³/mol. The number of benzene rings is 3. The average molecular weight is 594 g/mol. The molecule has 4 aromatic rings. The highest BCUT2D eigenvalue weighted by molar-refractivity contribution is 9.10. The molecule has 0 spiro atoms. The van der Waals surface area contributed by atoms with Crippen molar-refractivity contribution in [2.45, 2.75) is 19.9 Å². The molecule has 0 aliphatic carbocycles. The van der Waals surface area contributed by atoms with Gasteiger partial charge in [-0.25, -0.2) is 9.79 Å². The van der Waals surface area contributed by atoms with Gasteiger partial charge in [-0.2, -0.15) is 0 Å². The smallest absolute Gasteiger partial charge is 0.338 e. The molecular formula is C27H20BrN3O6S. The van der Waals surface area contributed by atoms with E-state index in [0.717, 1.165) is 27.7 Å². The maximum absolute atomic E-state index is 13.9. The Morgan fingerprint density at radius 2 is 2.00 bits per heavy atom. The van der Waals surface area contributed by atoms with E-state index in [1.807, 2.05) is 42.5 Å². The molecule has 5 rings (SSSR count). The lowest BCUT2D eigenvalue weighted by molar-refractivity contribution is -0.385. The number of phenolic OH excluding ortho intramolecular Hbond substituents is 1. The highest BCUT2D eigenvalue weighted by Crippen LogP contribution is 2.35. The third-order valence-corrected chi connectivity index (χ3v) is 7.80. The van der Waals surface area contributed by atoms with Crippen LogP contribution in [-0.2, 0) is 9.53 Å². The van der Waals surface area contributed by atoms with Crippen LogP contribution in [0.4, 0.5) is 5.69 Å². The number of carbonyl (C=O) groups excluding carboxylic acids is 1. The Bertz CT molecular complexity index is 1850. The SMILES string of the molecule is CCOC(=O)C1=C(C)N=c2s/c(=C\c3cc([N+](=O)[O-])cc(Br)c3O)c(=O)n2[C@@H]1c1cccc2ccccc12. The number of thiazole rings is 1. The number of nitro groups is 1. The molecule has 0 saturated heterocycles. The quantitative estimate of drug-likeness (QED) is 0.209. The van der Waals surface area contributed by atoms with Gasteiger partial charge in [-0.05, 0) is 52.2 Å². The van der Waals surface area contributed by atoms with Crippen molar-refractivity contribution in [2.24, 2.45) is 4.99 Å². The van der Waals surface area contributed by atoms with Crippen molar-refractivity contribution < 1.29 is 19.6 Å². The monoisotopic (exact) mass is 593 g/mol. The van der Waals surface area contributed by atoms with Crippen LogP contribution in [0.5, 0.6) is 5.75 Å². The summed E-state index contributed by atoms with van der Waals surface area (Å²) < 4.78 is 7.12. The van der Waals surface area contributed by atoms with Gasteiger partial charge in [0.2, 0.25) is 0 Å². The minimum absolute atomic E-state index is 0.0966. The van der Waals surface area contributed by atoms with E-state index in [2.05, 4.69) is 20.9 Å². The van der Waals surface area contributed by atoms with Crippen LogP contribution in [0.15, 0.2) is 80.1 Å². The van der Waals surface area contributed by atoms with Crippen molar-refractivity contribution in [1.29, 1.82) is 0 Å². The molecule has 0 unspecified atom stereocenters. The topological polar surface area (TPSA) is 124 Å². The van der Waals surface area contributed by atoms with E-state index in [0.29, 0.717) is 10.5 Å². The van der Waals surface area contributed by atoms with E-state index < -0.39 is 22.5 Å². The summed E-state index contributed by atoms with van der Waals surface area (Å²) in [4.78, 5) is 42.7. The van der Waals surface area contributed by atoms with Crippen LogP contribution >= 0.6 is 27.3 Å². The van der Waals surface area contributed by atoms with Crippen molar-refractivity contribution in [3.63, 3.8) is 0 Å². The molecule has 9 nitrogen and oxygen atoms in total. The van der Waals surface area contributed by atoms with E-state index >= 15 is 0 Å². The molecule has 11 heteroatoms. The van der Waals surface area contributed by atoms with Crippen molar-refractivity contribution in [1.82, 2.24) is 4.57 Å². The van der Waals surface area contributed by atoms with E-state index in [1.165, 1.54) is 22.8 Å². The lowest BCUT2D eigenvalue weighted by Crippen LogP contribution is -2.40. The number of hydrogen-bond donors (Lipinski definition) is 1. The van der Waals surface area contributed by atoms with Crippen LogP contribution in [0, 0.1) is 10.1 Å². The first-order chi connectivity index (χ1) is 18.2. The summed E-state index contributed by atoms with van der Waals surface area (Å²) >= 11 is 4.20. The second-order valence-corrected chi connectivity index (χ2v) is 10.4. The van der Waals surface area contributed by atoms with E-state index in [4.69, 9.17) is 4.74 Å². The number of aromatic hydroxyl groups is 1. The molecule has 0 fully saturated rings. The van der Waals surface area contributed by atoms with Crippen LogP contribution in [0.3, 0.4) is 0 Å². The van der Waals surface area contributed by atoms with Crippen LogP contribution in [0.25, 0.3) is 16.8 Å². The van der Waals surface area contributed by atoms with Gasteiger partial charge < -0.3 is 9.84 Å². The summed E-state index contributed by atoms with van der Waals surface area (Å²) in [5.74, 6) is -0.809. The number of ether oxygens (including phenoxy) is 1. The average Bonchev–Trinajstić information content (AvgIpc) is 3.19. The number of carbonyl (C=O) groups is 1. The van der Waals surface area contributed by atoms with E-state index in [9.17, 15) is 24.8 Å². The number of nitro benzene ring substituents is 1. The number of hydrogen-bond acceptors (Lipinski definition) is 8. The normalized spacial score (nSPS) is 15.3. The maximum Gasteiger partial charge on any atom is 0.338 e. The number of fused-ring (bicyclic) bond motifs is 2. The summed E-state index contributed by atoms with van der Waals surface area (Å²) in [6.07, 6.45) is 1.39. The van der Waals surface area contributed by atoms with Gasteiger partial charge in [0.15, 0.2) is 4.80 Å². The van der Waals surface area contributed by atoms with Gasteiger partial charge in [0.1, 0.15) is 5.75 Å². The molecular weight excluding hydrogens is 574 g/mol. The summed E-state index contributed by atoms with van der Waals surface area (Å²) in [5.41, 5.74) is 0.803. The van der Waals surface area contributed by atoms with Gasteiger partial charge >= 0.3 is 5.97 Å². The Morgan fingerprint density at radius 1 is 1.26 bits per heavy atom. The van der Waals surface area contributed by atoms with Gasteiger partial charge in [0.25, 0.3) is 11.2 Å². The Hall–Kier alpha value is -4.09. The van der Waals surface area contributed by atoms with Gasteiger partial charge in [-0.1, -0.05) is 53.8 Å². The molecule has 0 saturated carbocycles. The molecule has 1 N–H and O–H groups in total. The lowest BCUT2D eigenvalue weighted by Gasteiger charge is -2.25. The molecule has 0 bridgehead atoms. The molecule has 1 atom stereocenters. The maximum atomic E-state index is 13.9. The van der Waals surface area contributed by atoms with Crippen LogP contribution in [0.1, 0.15) is 31.0 Å². The number of allylic oxidation sites excluding steroid dienone is 1. The van der Waals surface area contributed by atoms with Gasteiger partial charge in [-0.3, -0.25) is 19.5 Å². The third kappa shape index (κ3) is 4.33. The summed E-state index contributed by atoms with van der Waals surface area (Å²) in [5, 5.41) is 23.7. The van der Waals surface area contributed by atoms with Crippen LogP contribution in [0.2, 0.25) is 0 Å². The molecule has 0 amide bonds. The number of halogens is 1. The molecule has 3 aromatic carbocycles. The Balaban J connectivity index is 1.81. The second kappa shape index (κ2) is 9.99. The van der Waals surface area contributed by atoms with Crippen LogP contribution in [-0.4, -0.2) is 27.2 Å². The fourth-order valence-electron chi connectivity index (χ4n) is 4.54. The van der Waals surface area contributed by atoms with Gasteiger partial charge in [-0.15, -0.1) is 0 Å². The van der Waals surface area contributed by atoms with Crippen molar-refractivity contribution in [2.75, 3.05) is 6.61 Å². The highest BCUT2D eigenvalue weighted by atomic mass is 79.9. The molecule has 192 valence electrons. The van der Waals surface area contributed by atoms with E-state index in [-0.39, 0.29) is 38.2 Å². The fourth-order valence-corrected chi connectivity index (χ4v) is 6.04. The van der Waals surface area contributed by atoms with Crippen molar-refractivity contribution in [3.05, 3.63) is 111 Å². The second-order valence-electron chi connectivity index (χ2n) is 8.49. The van der Waals surface area contributed by atoms with Gasteiger partial charge in [0, 0.05) is 17.7 Å². The highest BCUT2D eigenvalue weighted by Gasteiger charge is 2.34. The molecule has 1 aromatic heterocycles. The zero-order valence-corrected chi connectivity index (χ0v) is 22.6. The van der Waals surface area contributed by atoms with Crippen LogP contribution < -0.4 is 14.9 Å². The zero-order valence-electron chi connectivity index (χ0n) is 20.2. The zero-order chi connectivity index (χ0) is 27.1. The molecule has 2 heterocycles. The minimum Gasteiger partial charge on any atom is -0.506 e. The largest absolute Gasteiger partial charge is 0.506 e. The Morgan fingerprint density at radius 3 is 2.74 bits per heavy atom. The number of nitrogens with zero attached hydrogens (tertiary/aromatic N) is 3. The Kier molecular flexibility index (Phi) is 6.72. The Labute approximate surface area is 227 Å². The number of esters is 1. The van der Waals surface area contributed by atoms with Crippen molar-refractivity contribution >= 4 is 55.8 Å². The minimum atomic E-state index is -0.816. The summed E-state index contributed by atoms with van der Waals surface area (Å²) in [7, 11) is 0. The standard InChI is InChI=1S/C27H20BrN3O6S/c1-3-37-26(34)22-14(2)29-27-30(23(22)19-10-6-8-15-7-4-5-9-18(15)19)25(33)21(38-27)12-16-11-17(31(35)36)13-20(28)24(16)32/h4-13,23,32H,3H2,1-2H3/b21-12-/t23-/m1/s1. The number of aromatic nitrogens is 1. The van der Waals surface area contributed by atoms with E-state index in [1.54, 1.807) is 13.8 Å². The van der Waals surface area contributed by atoms with Gasteiger partial charge in [0.05, 0.1) is 37.8 Å². The lowest BCUT2D eigenvalue weighted by atomic mass is 9.91. The first kappa shape index (κ1) is 25.6. The molecule has 1 aliphatic rings. The molecule has 0 radical (unpaired) electrons. The number of non-ortho nitro benzene ring substituents is 1. The van der Waals surface area contributed by atoms with Crippen molar-refractivity contribution in [3.8, 4) is 5.75 Å².